The van der Waals surface area contributed by atoms with E-state index in [1.165, 1.54) is 24.0 Å². The van der Waals surface area contributed by atoms with Crippen LogP contribution in [0.25, 0.3) is 0 Å². The minimum atomic E-state index is -1.09. The predicted octanol–water partition coefficient (Wildman–Crippen LogP) is 1.27. The lowest BCUT2D eigenvalue weighted by Crippen LogP contribution is -2.43. The molecule has 7 heteroatoms. The third-order valence-corrected chi connectivity index (χ3v) is 4.44. The minimum absolute atomic E-state index is 0.0550. The number of aromatic hydroxyl groups is 1. The van der Waals surface area contributed by atoms with Crippen molar-refractivity contribution in [1.29, 1.82) is 0 Å². The Morgan fingerprint density at radius 3 is 2.77 bits per heavy atom. The Morgan fingerprint density at radius 2 is 2.18 bits per heavy atom. The fourth-order valence-corrected chi connectivity index (χ4v) is 3.48. The lowest BCUT2D eigenvalue weighted by atomic mass is 10.0. The van der Waals surface area contributed by atoms with E-state index >= 15 is 0 Å². The molecule has 1 fully saturated rings. The number of carboxylic acids is 1. The van der Waals surface area contributed by atoms with E-state index < -0.39 is 12.0 Å². The molecule has 6 nitrogen and oxygen atoms in total. The molecule has 0 saturated carbocycles. The summed E-state index contributed by atoms with van der Waals surface area (Å²) in [5.41, 5.74) is 0.642. The van der Waals surface area contributed by atoms with E-state index in [4.69, 9.17) is 0 Å². The number of phenols is 1. The highest BCUT2D eigenvalue weighted by atomic mass is 32.2. The van der Waals surface area contributed by atoms with Gasteiger partial charge in [-0.2, -0.15) is 0 Å². The molecular weight excluding hydrogens is 306 g/mol. The van der Waals surface area contributed by atoms with Gasteiger partial charge < -0.3 is 15.1 Å². The molecule has 1 amide bonds. The Labute approximate surface area is 132 Å². The van der Waals surface area contributed by atoms with Gasteiger partial charge in [-0.25, -0.2) is 4.79 Å². The summed E-state index contributed by atoms with van der Waals surface area (Å²) >= 11 is 1.07. The fraction of sp³-hybridized carbons (Fsp3) is 0.400. The van der Waals surface area contributed by atoms with Gasteiger partial charge in [0.05, 0.1) is 0 Å². The average molecular weight is 323 g/mol. The quantitative estimate of drug-likeness (QED) is 0.847. The highest BCUT2D eigenvalue weighted by molar-refractivity contribution is 8.14. The number of carbonyl (C=O) groups is 3. The monoisotopic (exact) mass is 323 g/mol. The maximum absolute atomic E-state index is 12.1. The summed E-state index contributed by atoms with van der Waals surface area (Å²) < 4.78 is 0. The van der Waals surface area contributed by atoms with E-state index in [1.54, 1.807) is 12.1 Å². The third kappa shape index (κ3) is 4.00. The first-order valence-electron chi connectivity index (χ1n) is 6.84. The van der Waals surface area contributed by atoms with Crippen LogP contribution in [0.5, 0.6) is 5.75 Å². The Bertz CT molecular complexity index is 603. The molecule has 2 rings (SSSR count). The van der Waals surface area contributed by atoms with Crippen LogP contribution in [0.1, 0.15) is 18.9 Å². The van der Waals surface area contributed by atoms with E-state index in [0.29, 0.717) is 5.56 Å². The number of hydrogen-bond acceptors (Lipinski definition) is 5. The normalized spacial score (nSPS) is 19.2. The van der Waals surface area contributed by atoms with Gasteiger partial charge in [0.1, 0.15) is 11.8 Å². The zero-order valence-corrected chi connectivity index (χ0v) is 12.9. The number of likely N-dealkylation sites (tertiary alicyclic amines) is 1. The van der Waals surface area contributed by atoms with Gasteiger partial charge in [-0.3, -0.25) is 9.59 Å². The number of carbonyl (C=O) groups excluding carboxylic acids is 2. The summed E-state index contributed by atoms with van der Waals surface area (Å²) in [4.78, 5) is 36.0. The number of rotatable bonds is 5. The van der Waals surface area contributed by atoms with Crippen LogP contribution >= 0.6 is 11.8 Å². The standard InChI is InChI=1S/C15H17NO5S/c1-9(17)22-12-7-14(19)16(8-12)13(15(20)21)6-10-3-2-4-11(18)5-10/h2-5,12-13,18H,6-8H2,1H3,(H,20,21)/t12?,13-/m0/s1. The number of amides is 1. The molecule has 2 atom stereocenters. The van der Waals surface area contributed by atoms with E-state index in [1.807, 2.05) is 0 Å². The molecule has 1 unspecified atom stereocenters. The Balaban J connectivity index is 2.13. The molecular formula is C15H17NO5S. The molecule has 22 heavy (non-hydrogen) atoms. The van der Waals surface area contributed by atoms with Crippen molar-refractivity contribution in [3.05, 3.63) is 29.8 Å². The number of aliphatic carboxylic acids is 1. The molecule has 2 N–H and O–H groups in total. The topological polar surface area (TPSA) is 94.9 Å². The molecule has 1 aliphatic rings. The SMILES string of the molecule is CC(=O)SC1CC(=O)N([C@@H](Cc2cccc(O)c2)C(=O)O)C1. The van der Waals surface area contributed by atoms with Crippen molar-refractivity contribution in [3.63, 3.8) is 0 Å². The molecule has 1 aliphatic heterocycles. The highest BCUT2D eigenvalue weighted by Gasteiger charge is 2.38. The van der Waals surface area contributed by atoms with Crippen LogP contribution < -0.4 is 0 Å². The lowest BCUT2D eigenvalue weighted by Gasteiger charge is -2.24. The predicted molar refractivity (Wildman–Crippen MR) is 81.6 cm³/mol. The van der Waals surface area contributed by atoms with Crippen LogP contribution in [0.15, 0.2) is 24.3 Å². The fourth-order valence-electron chi connectivity index (χ4n) is 2.55. The van der Waals surface area contributed by atoms with E-state index in [0.717, 1.165) is 11.8 Å². The molecule has 0 aromatic heterocycles. The van der Waals surface area contributed by atoms with Gasteiger partial charge in [0.2, 0.25) is 5.91 Å². The van der Waals surface area contributed by atoms with Crippen LogP contribution in [0.4, 0.5) is 0 Å². The molecule has 0 aliphatic carbocycles. The number of benzene rings is 1. The second kappa shape index (κ2) is 6.83. The van der Waals surface area contributed by atoms with Gasteiger partial charge in [-0.1, -0.05) is 23.9 Å². The largest absolute Gasteiger partial charge is 0.508 e. The van der Waals surface area contributed by atoms with Crippen LogP contribution in [-0.4, -0.2) is 49.9 Å². The molecule has 0 radical (unpaired) electrons. The van der Waals surface area contributed by atoms with Crippen molar-refractivity contribution in [2.75, 3.05) is 6.54 Å². The van der Waals surface area contributed by atoms with E-state index in [2.05, 4.69) is 0 Å². The van der Waals surface area contributed by atoms with Crippen LogP contribution in [0, 0.1) is 0 Å². The summed E-state index contributed by atoms with van der Waals surface area (Å²) in [6.07, 6.45) is 0.293. The van der Waals surface area contributed by atoms with Crippen LogP contribution in [0.2, 0.25) is 0 Å². The molecule has 0 spiro atoms. The summed E-state index contributed by atoms with van der Waals surface area (Å²) in [5.74, 6) is -1.30. The first-order chi connectivity index (χ1) is 10.4. The molecule has 1 aromatic rings. The van der Waals surface area contributed by atoms with Gasteiger partial charge in [-0.05, 0) is 17.7 Å². The summed E-state index contributed by atoms with van der Waals surface area (Å²) in [7, 11) is 0. The maximum atomic E-state index is 12.1. The Hall–Kier alpha value is -2.02. The average Bonchev–Trinajstić information content (AvgIpc) is 2.75. The van der Waals surface area contributed by atoms with Gasteiger partial charge in [0.15, 0.2) is 5.12 Å². The number of phenolic OH excluding ortho intramolecular Hbond substituents is 1. The summed E-state index contributed by atoms with van der Waals surface area (Å²) in [6.45, 7) is 1.68. The second-order valence-corrected chi connectivity index (χ2v) is 6.69. The summed E-state index contributed by atoms with van der Waals surface area (Å²) in [5, 5.41) is 18.6. The zero-order valence-electron chi connectivity index (χ0n) is 12.1. The molecule has 1 heterocycles. The molecule has 1 aromatic carbocycles. The molecule has 118 valence electrons. The lowest BCUT2D eigenvalue weighted by molar-refractivity contribution is -0.148. The van der Waals surface area contributed by atoms with Crippen molar-refractivity contribution < 1.29 is 24.6 Å². The number of nitrogens with zero attached hydrogens (tertiary/aromatic N) is 1. The smallest absolute Gasteiger partial charge is 0.326 e. The second-order valence-electron chi connectivity index (χ2n) is 5.21. The first kappa shape index (κ1) is 16.4. The zero-order chi connectivity index (χ0) is 16.3. The first-order valence-corrected chi connectivity index (χ1v) is 7.72. The summed E-state index contributed by atoms with van der Waals surface area (Å²) in [6, 6.07) is 5.33. The number of hydrogen-bond donors (Lipinski definition) is 2. The maximum Gasteiger partial charge on any atom is 0.326 e. The third-order valence-electron chi connectivity index (χ3n) is 3.46. The minimum Gasteiger partial charge on any atom is -0.508 e. The van der Waals surface area contributed by atoms with Crippen molar-refractivity contribution in [2.45, 2.75) is 31.1 Å². The van der Waals surface area contributed by atoms with Crippen molar-refractivity contribution in [1.82, 2.24) is 4.90 Å². The van der Waals surface area contributed by atoms with Gasteiger partial charge in [-0.15, -0.1) is 0 Å². The van der Waals surface area contributed by atoms with Gasteiger partial charge >= 0.3 is 5.97 Å². The number of carboxylic acid groups (broad SMARTS) is 1. The van der Waals surface area contributed by atoms with Gasteiger partial charge in [0.25, 0.3) is 0 Å². The van der Waals surface area contributed by atoms with E-state index in [9.17, 15) is 24.6 Å². The van der Waals surface area contributed by atoms with Crippen molar-refractivity contribution in [3.8, 4) is 5.75 Å². The van der Waals surface area contributed by atoms with Gasteiger partial charge in [0, 0.05) is 31.6 Å². The Morgan fingerprint density at radius 1 is 1.45 bits per heavy atom. The molecule has 0 bridgehead atoms. The van der Waals surface area contributed by atoms with Crippen LogP contribution in [0.3, 0.4) is 0 Å². The van der Waals surface area contributed by atoms with Crippen molar-refractivity contribution in [2.24, 2.45) is 0 Å². The van der Waals surface area contributed by atoms with E-state index in [-0.39, 0.29) is 41.4 Å². The van der Waals surface area contributed by atoms with Crippen LogP contribution in [-0.2, 0) is 20.8 Å². The number of thioether (sulfide) groups is 1. The Kier molecular flexibility index (Phi) is 5.07. The van der Waals surface area contributed by atoms with Crippen molar-refractivity contribution >= 4 is 28.8 Å². The highest BCUT2D eigenvalue weighted by Crippen LogP contribution is 2.27. The molecule has 1 saturated heterocycles.